The van der Waals surface area contributed by atoms with Crippen LogP contribution in [0.3, 0.4) is 0 Å². The first-order valence-electron chi connectivity index (χ1n) is 3.22. The summed E-state index contributed by atoms with van der Waals surface area (Å²) in [4.78, 5) is 0. The van der Waals surface area contributed by atoms with Crippen molar-refractivity contribution in [2.45, 2.75) is 19.3 Å². The molecule has 0 unspecified atom stereocenters. The lowest BCUT2D eigenvalue weighted by atomic mass is 10.1. The molecule has 0 spiro atoms. The molecule has 0 radical (unpaired) electrons. The molecule has 0 aromatic heterocycles. The maximum atomic E-state index is 3.79. The monoisotopic (exact) mass is 122 g/mol. The minimum atomic E-state index is 1.05. The van der Waals surface area contributed by atoms with Gasteiger partial charge in [-0.25, -0.2) is 0 Å². The second kappa shape index (κ2) is 5.36. The third-order valence-corrected chi connectivity index (χ3v) is 1.19. The Morgan fingerprint density at radius 2 is 2.00 bits per heavy atom. The summed E-state index contributed by atoms with van der Waals surface area (Å²) in [7, 11) is 0. The molecule has 0 saturated carbocycles. The van der Waals surface area contributed by atoms with Crippen LogP contribution in [-0.4, -0.2) is 0 Å². The predicted molar refractivity (Wildman–Crippen MR) is 43.4 cm³/mol. The van der Waals surface area contributed by atoms with Crippen molar-refractivity contribution < 1.29 is 0 Å². The summed E-state index contributed by atoms with van der Waals surface area (Å²) < 4.78 is 0. The molecule has 0 N–H and O–H groups in total. The van der Waals surface area contributed by atoms with Gasteiger partial charge in [-0.1, -0.05) is 30.9 Å². The van der Waals surface area contributed by atoms with Crippen LogP contribution in [0, 0.1) is 0 Å². The first-order chi connectivity index (χ1) is 4.31. The molecule has 0 aliphatic rings. The topological polar surface area (TPSA) is 0 Å². The smallest absolute Gasteiger partial charge is 0.0282 e. The maximum absolute atomic E-state index is 3.79. The number of hydrogen-bond acceptors (Lipinski definition) is 0. The van der Waals surface area contributed by atoms with Crippen LogP contribution in [0.15, 0.2) is 37.5 Å². The molecule has 0 heteroatoms. The van der Waals surface area contributed by atoms with Gasteiger partial charge in [0.1, 0.15) is 0 Å². The van der Waals surface area contributed by atoms with Gasteiger partial charge in [0, 0.05) is 0 Å². The fraction of sp³-hybridized carbons (Fsp3) is 0.333. The number of unbranched alkanes of at least 4 members (excludes halogenated alkanes) is 1. The maximum Gasteiger partial charge on any atom is -0.0282 e. The standard InChI is InChI=1S/C9H14/c1-4-6-7-8-9(3)5-2/h4-5H,1-3,6-8H2. The van der Waals surface area contributed by atoms with Crippen LogP contribution < -0.4 is 0 Å². The van der Waals surface area contributed by atoms with Crippen LogP contribution in [0.5, 0.6) is 0 Å². The van der Waals surface area contributed by atoms with Gasteiger partial charge in [0.05, 0.1) is 0 Å². The molecule has 0 aliphatic heterocycles. The Kier molecular flexibility index (Phi) is 4.89. The molecule has 50 valence electrons. The summed E-state index contributed by atoms with van der Waals surface area (Å²) in [5, 5.41) is 0. The van der Waals surface area contributed by atoms with Crippen molar-refractivity contribution in [2.24, 2.45) is 0 Å². The van der Waals surface area contributed by atoms with E-state index in [0.717, 1.165) is 24.8 Å². The summed E-state index contributed by atoms with van der Waals surface area (Å²) in [6.07, 6.45) is 7.01. The van der Waals surface area contributed by atoms with Gasteiger partial charge in [-0.05, 0) is 19.3 Å². The van der Waals surface area contributed by atoms with E-state index in [1.807, 2.05) is 12.2 Å². The molecule has 0 fully saturated rings. The zero-order valence-electron chi connectivity index (χ0n) is 5.90. The van der Waals surface area contributed by atoms with Gasteiger partial charge in [0.2, 0.25) is 0 Å². The fourth-order valence-corrected chi connectivity index (χ4v) is 0.576. The molecule has 0 heterocycles. The molecule has 0 aliphatic carbocycles. The number of hydrogen-bond donors (Lipinski definition) is 0. The Labute approximate surface area is 57.6 Å². The van der Waals surface area contributed by atoms with E-state index in [4.69, 9.17) is 0 Å². The van der Waals surface area contributed by atoms with E-state index < -0.39 is 0 Å². The van der Waals surface area contributed by atoms with E-state index in [1.54, 1.807) is 0 Å². The highest BCUT2D eigenvalue weighted by molar-refractivity contribution is 5.10. The Hall–Kier alpha value is -0.780. The van der Waals surface area contributed by atoms with Gasteiger partial charge in [-0.3, -0.25) is 0 Å². The van der Waals surface area contributed by atoms with Crippen molar-refractivity contribution in [2.75, 3.05) is 0 Å². The largest absolute Gasteiger partial charge is 0.103 e. The fourth-order valence-electron chi connectivity index (χ4n) is 0.576. The molecule has 0 bridgehead atoms. The van der Waals surface area contributed by atoms with Gasteiger partial charge < -0.3 is 0 Å². The van der Waals surface area contributed by atoms with Gasteiger partial charge >= 0.3 is 0 Å². The lowest BCUT2D eigenvalue weighted by Crippen LogP contribution is -1.74. The lowest BCUT2D eigenvalue weighted by molar-refractivity contribution is 0.850. The summed E-state index contributed by atoms with van der Waals surface area (Å²) >= 11 is 0. The normalized spacial score (nSPS) is 8.44. The number of rotatable bonds is 5. The second-order valence-electron chi connectivity index (χ2n) is 2.04. The van der Waals surface area contributed by atoms with Crippen LogP contribution in [0.1, 0.15) is 19.3 Å². The Bertz CT molecular complexity index is 109. The average Bonchev–Trinajstić information content (AvgIpc) is 1.89. The Morgan fingerprint density at radius 1 is 1.33 bits per heavy atom. The SMILES string of the molecule is C=CCCCC(=C)C=C. The predicted octanol–water partition coefficient (Wildman–Crippen LogP) is 3.08. The van der Waals surface area contributed by atoms with Crippen molar-refractivity contribution in [3.8, 4) is 0 Å². The molecule has 0 saturated heterocycles. The molecular weight excluding hydrogens is 108 g/mol. The molecule has 0 rings (SSSR count). The highest BCUT2D eigenvalue weighted by Gasteiger charge is 1.85. The summed E-state index contributed by atoms with van der Waals surface area (Å²) in [6, 6.07) is 0. The molecule has 0 aromatic rings. The summed E-state index contributed by atoms with van der Waals surface area (Å²) in [6.45, 7) is 11.0. The van der Waals surface area contributed by atoms with E-state index in [-0.39, 0.29) is 0 Å². The van der Waals surface area contributed by atoms with Gasteiger partial charge in [-0.15, -0.1) is 6.58 Å². The second-order valence-corrected chi connectivity index (χ2v) is 2.04. The quantitative estimate of drug-likeness (QED) is 0.298. The third-order valence-electron chi connectivity index (χ3n) is 1.19. The molecular formula is C9H14. The van der Waals surface area contributed by atoms with Crippen LogP contribution in [0.4, 0.5) is 0 Å². The Balaban J connectivity index is 3.16. The highest BCUT2D eigenvalue weighted by Crippen LogP contribution is 2.04. The number of allylic oxidation sites excluding steroid dienone is 3. The van der Waals surface area contributed by atoms with Crippen molar-refractivity contribution in [1.82, 2.24) is 0 Å². The van der Waals surface area contributed by atoms with E-state index in [9.17, 15) is 0 Å². The van der Waals surface area contributed by atoms with Crippen molar-refractivity contribution in [3.63, 3.8) is 0 Å². The third kappa shape index (κ3) is 5.09. The first kappa shape index (κ1) is 8.22. The zero-order valence-corrected chi connectivity index (χ0v) is 5.90. The molecule has 9 heavy (non-hydrogen) atoms. The highest BCUT2D eigenvalue weighted by atomic mass is 13.9. The molecule has 0 atom stereocenters. The van der Waals surface area contributed by atoms with Crippen molar-refractivity contribution >= 4 is 0 Å². The minimum Gasteiger partial charge on any atom is -0.103 e. The minimum absolute atomic E-state index is 1.05. The van der Waals surface area contributed by atoms with Gasteiger partial charge in [-0.2, -0.15) is 0 Å². The Morgan fingerprint density at radius 3 is 2.44 bits per heavy atom. The van der Waals surface area contributed by atoms with Gasteiger partial charge in [0.15, 0.2) is 0 Å². The van der Waals surface area contributed by atoms with E-state index in [1.165, 1.54) is 0 Å². The molecule has 0 nitrogen and oxygen atoms in total. The molecule has 0 amide bonds. The van der Waals surface area contributed by atoms with E-state index in [2.05, 4.69) is 19.7 Å². The van der Waals surface area contributed by atoms with E-state index in [0.29, 0.717) is 0 Å². The lowest BCUT2D eigenvalue weighted by Gasteiger charge is -1.94. The summed E-state index contributed by atoms with van der Waals surface area (Å²) in [5.41, 5.74) is 1.12. The summed E-state index contributed by atoms with van der Waals surface area (Å²) in [5.74, 6) is 0. The van der Waals surface area contributed by atoms with Crippen LogP contribution in [-0.2, 0) is 0 Å². The van der Waals surface area contributed by atoms with Crippen molar-refractivity contribution in [3.05, 3.63) is 37.5 Å². The molecule has 0 aromatic carbocycles. The zero-order chi connectivity index (χ0) is 7.11. The van der Waals surface area contributed by atoms with Gasteiger partial charge in [0.25, 0.3) is 0 Å². The first-order valence-corrected chi connectivity index (χ1v) is 3.22. The average molecular weight is 122 g/mol. The van der Waals surface area contributed by atoms with Crippen LogP contribution >= 0.6 is 0 Å². The van der Waals surface area contributed by atoms with Crippen molar-refractivity contribution in [1.29, 1.82) is 0 Å². The van der Waals surface area contributed by atoms with E-state index >= 15 is 0 Å². The van der Waals surface area contributed by atoms with Crippen LogP contribution in [0.2, 0.25) is 0 Å². The van der Waals surface area contributed by atoms with Crippen LogP contribution in [0.25, 0.3) is 0 Å².